The highest BCUT2D eigenvalue weighted by atomic mass is 16.2. The molecule has 5 nitrogen and oxygen atoms in total. The summed E-state index contributed by atoms with van der Waals surface area (Å²) in [5.41, 5.74) is 2.55. The SMILES string of the molecule is CC(C)NC(=O)NC(=O)CN1CC=C(c2ccccc2)CC1. The number of urea groups is 1. The van der Waals surface area contributed by atoms with Crippen molar-refractivity contribution in [1.82, 2.24) is 15.5 Å². The molecule has 1 heterocycles. The maximum absolute atomic E-state index is 11.8. The zero-order chi connectivity index (χ0) is 15.9. The standard InChI is InChI=1S/C17H23N3O2/c1-13(2)18-17(22)19-16(21)12-20-10-8-15(9-11-20)14-6-4-3-5-7-14/h3-8,13H,9-12H2,1-2H3,(H2,18,19,21,22). The lowest BCUT2D eigenvalue weighted by molar-refractivity contribution is -0.121. The van der Waals surface area contributed by atoms with Gasteiger partial charge in [0.1, 0.15) is 0 Å². The Hall–Kier alpha value is -2.14. The molecule has 0 radical (unpaired) electrons. The molecular weight excluding hydrogens is 278 g/mol. The van der Waals surface area contributed by atoms with Gasteiger partial charge in [-0.3, -0.25) is 15.0 Å². The van der Waals surface area contributed by atoms with Crippen molar-refractivity contribution in [1.29, 1.82) is 0 Å². The Morgan fingerprint density at radius 1 is 1.23 bits per heavy atom. The third-order valence-electron chi connectivity index (χ3n) is 3.48. The number of hydrogen-bond acceptors (Lipinski definition) is 3. The second-order valence-electron chi connectivity index (χ2n) is 5.76. The van der Waals surface area contributed by atoms with Crippen molar-refractivity contribution in [2.75, 3.05) is 19.6 Å². The van der Waals surface area contributed by atoms with Crippen LogP contribution < -0.4 is 10.6 Å². The summed E-state index contributed by atoms with van der Waals surface area (Å²) in [6.07, 6.45) is 3.07. The second-order valence-corrected chi connectivity index (χ2v) is 5.76. The van der Waals surface area contributed by atoms with Crippen molar-refractivity contribution in [3.63, 3.8) is 0 Å². The highest BCUT2D eigenvalue weighted by Gasteiger charge is 2.17. The van der Waals surface area contributed by atoms with Crippen molar-refractivity contribution in [3.05, 3.63) is 42.0 Å². The summed E-state index contributed by atoms with van der Waals surface area (Å²) >= 11 is 0. The molecule has 3 amide bonds. The first-order chi connectivity index (χ1) is 10.5. The van der Waals surface area contributed by atoms with Crippen LogP contribution in [-0.2, 0) is 4.79 Å². The first kappa shape index (κ1) is 16.2. The van der Waals surface area contributed by atoms with Crippen LogP contribution in [0, 0.1) is 0 Å². The molecule has 0 fully saturated rings. The van der Waals surface area contributed by atoms with E-state index in [2.05, 4.69) is 28.8 Å². The predicted molar refractivity (Wildman–Crippen MR) is 87.3 cm³/mol. The number of nitrogens with one attached hydrogen (secondary N) is 2. The minimum atomic E-state index is -0.433. The minimum absolute atomic E-state index is 0.0131. The maximum Gasteiger partial charge on any atom is 0.321 e. The van der Waals surface area contributed by atoms with Crippen molar-refractivity contribution in [2.45, 2.75) is 26.3 Å². The number of amides is 3. The van der Waals surface area contributed by atoms with Gasteiger partial charge in [0.25, 0.3) is 0 Å². The van der Waals surface area contributed by atoms with E-state index in [4.69, 9.17) is 0 Å². The fraction of sp³-hybridized carbons (Fsp3) is 0.412. The highest BCUT2D eigenvalue weighted by Crippen LogP contribution is 2.21. The monoisotopic (exact) mass is 301 g/mol. The lowest BCUT2D eigenvalue weighted by Gasteiger charge is -2.25. The zero-order valence-corrected chi connectivity index (χ0v) is 13.1. The average molecular weight is 301 g/mol. The summed E-state index contributed by atoms with van der Waals surface area (Å²) in [6.45, 7) is 5.49. The molecule has 0 saturated carbocycles. The van der Waals surface area contributed by atoms with Gasteiger partial charge in [-0.1, -0.05) is 36.4 Å². The average Bonchev–Trinajstić information content (AvgIpc) is 2.47. The molecule has 1 aliphatic rings. The molecule has 2 N–H and O–H groups in total. The molecule has 118 valence electrons. The van der Waals surface area contributed by atoms with Crippen LogP contribution in [0.2, 0.25) is 0 Å². The number of rotatable bonds is 4. The Labute approximate surface area is 131 Å². The van der Waals surface area contributed by atoms with Gasteiger partial charge in [-0.05, 0) is 31.4 Å². The van der Waals surface area contributed by atoms with Crippen LogP contribution in [0.15, 0.2) is 36.4 Å². The summed E-state index contributed by atoms with van der Waals surface area (Å²) in [4.78, 5) is 25.3. The van der Waals surface area contributed by atoms with E-state index in [9.17, 15) is 9.59 Å². The van der Waals surface area contributed by atoms with Gasteiger partial charge < -0.3 is 5.32 Å². The summed E-state index contributed by atoms with van der Waals surface area (Å²) < 4.78 is 0. The van der Waals surface area contributed by atoms with Gasteiger partial charge in [0.05, 0.1) is 6.54 Å². The zero-order valence-electron chi connectivity index (χ0n) is 13.1. The Kier molecular flexibility index (Phi) is 5.72. The van der Waals surface area contributed by atoms with Crippen molar-refractivity contribution in [2.24, 2.45) is 0 Å². The molecule has 0 aromatic heterocycles. The van der Waals surface area contributed by atoms with Gasteiger partial charge in [0, 0.05) is 19.1 Å². The van der Waals surface area contributed by atoms with E-state index in [1.165, 1.54) is 11.1 Å². The molecule has 0 aliphatic carbocycles. The van der Waals surface area contributed by atoms with Crippen molar-refractivity contribution in [3.8, 4) is 0 Å². The largest absolute Gasteiger partial charge is 0.336 e. The number of hydrogen-bond donors (Lipinski definition) is 2. The molecule has 1 aromatic rings. The summed E-state index contributed by atoms with van der Waals surface area (Å²) in [5, 5.41) is 4.99. The molecule has 5 heteroatoms. The van der Waals surface area contributed by atoms with Crippen LogP contribution >= 0.6 is 0 Å². The lowest BCUT2D eigenvalue weighted by Crippen LogP contribution is -2.46. The first-order valence-electron chi connectivity index (χ1n) is 7.62. The van der Waals surface area contributed by atoms with E-state index in [0.717, 1.165) is 19.5 Å². The van der Waals surface area contributed by atoms with E-state index in [0.29, 0.717) is 0 Å². The van der Waals surface area contributed by atoms with Crippen LogP contribution in [0.25, 0.3) is 5.57 Å². The molecule has 0 saturated heterocycles. The summed E-state index contributed by atoms with van der Waals surface area (Å²) in [5.74, 6) is -0.269. The van der Waals surface area contributed by atoms with E-state index in [1.54, 1.807) is 0 Å². The molecule has 0 atom stereocenters. The van der Waals surface area contributed by atoms with Gasteiger partial charge >= 0.3 is 6.03 Å². The van der Waals surface area contributed by atoms with Gasteiger partial charge in [-0.2, -0.15) is 0 Å². The Bertz CT molecular complexity index is 552. The van der Waals surface area contributed by atoms with Crippen molar-refractivity contribution >= 4 is 17.5 Å². The molecule has 1 aromatic carbocycles. The molecule has 0 spiro atoms. The van der Waals surface area contributed by atoms with Crippen LogP contribution in [0.1, 0.15) is 25.8 Å². The maximum atomic E-state index is 11.8. The number of carbonyl (C=O) groups is 2. The Morgan fingerprint density at radius 3 is 2.55 bits per heavy atom. The van der Waals surface area contributed by atoms with E-state index < -0.39 is 6.03 Å². The van der Waals surface area contributed by atoms with Crippen LogP contribution in [-0.4, -0.2) is 42.5 Å². The Balaban J connectivity index is 1.81. The molecule has 0 unspecified atom stereocenters. The third kappa shape index (κ3) is 5.00. The number of nitrogens with zero attached hydrogens (tertiary/aromatic N) is 1. The third-order valence-corrected chi connectivity index (χ3v) is 3.48. The molecular formula is C17H23N3O2. The molecule has 0 bridgehead atoms. The van der Waals surface area contributed by atoms with Gasteiger partial charge in [-0.25, -0.2) is 4.79 Å². The normalized spacial score (nSPS) is 15.3. The quantitative estimate of drug-likeness (QED) is 0.894. The lowest BCUT2D eigenvalue weighted by atomic mass is 10.00. The molecule has 1 aliphatic heterocycles. The highest BCUT2D eigenvalue weighted by molar-refractivity contribution is 5.95. The van der Waals surface area contributed by atoms with Crippen LogP contribution in [0.5, 0.6) is 0 Å². The Morgan fingerprint density at radius 2 is 1.95 bits per heavy atom. The topological polar surface area (TPSA) is 61.4 Å². The number of imide groups is 1. The van der Waals surface area contributed by atoms with E-state index in [-0.39, 0.29) is 18.5 Å². The summed E-state index contributed by atoms with van der Waals surface area (Å²) in [7, 11) is 0. The molecule has 2 rings (SSSR count). The molecule has 22 heavy (non-hydrogen) atoms. The smallest absolute Gasteiger partial charge is 0.321 e. The number of carbonyl (C=O) groups excluding carboxylic acids is 2. The van der Waals surface area contributed by atoms with Crippen LogP contribution in [0.3, 0.4) is 0 Å². The van der Waals surface area contributed by atoms with E-state index in [1.807, 2.05) is 36.9 Å². The summed E-state index contributed by atoms with van der Waals surface area (Å²) in [6, 6.07) is 9.85. The second kappa shape index (κ2) is 7.75. The first-order valence-corrected chi connectivity index (χ1v) is 7.62. The van der Waals surface area contributed by atoms with Crippen LogP contribution in [0.4, 0.5) is 4.79 Å². The van der Waals surface area contributed by atoms with Gasteiger partial charge in [0.15, 0.2) is 0 Å². The van der Waals surface area contributed by atoms with E-state index >= 15 is 0 Å². The predicted octanol–water partition coefficient (Wildman–Crippen LogP) is 2.01. The number of benzene rings is 1. The minimum Gasteiger partial charge on any atom is -0.336 e. The van der Waals surface area contributed by atoms with Crippen molar-refractivity contribution < 1.29 is 9.59 Å². The van der Waals surface area contributed by atoms with Gasteiger partial charge in [0.2, 0.25) is 5.91 Å². The fourth-order valence-corrected chi connectivity index (χ4v) is 2.44. The fourth-order valence-electron chi connectivity index (χ4n) is 2.44. The van der Waals surface area contributed by atoms with Gasteiger partial charge in [-0.15, -0.1) is 0 Å².